The molecule has 0 radical (unpaired) electrons. The summed E-state index contributed by atoms with van der Waals surface area (Å²) in [5, 5.41) is 1.33. The standard InChI is InChI=1S/C9H17NO2/c1-6-8(11)10(12-7-2)9(3,4)5/h6H,1,7H2,2-5H3. The van der Waals surface area contributed by atoms with Crippen molar-refractivity contribution >= 4 is 5.91 Å². The third kappa shape index (κ3) is 3.05. The predicted molar refractivity (Wildman–Crippen MR) is 48.4 cm³/mol. The molecule has 0 aliphatic heterocycles. The van der Waals surface area contributed by atoms with Crippen LogP contribution >= 0.6 is 0 Å². The van der Waals surface area contributed by atoms with Crippen LogP contribution in [-0.4, -0.2) is 23.1 Å². The summed E-state index contributed by atoms with van der Waals surface area (Å²) in [5.41, 5.74) is -0.318. The largest absolute Gasteiger partial charge is 0.270 e. The van der Waals surface area contributed by atoms with Gasteiger partial charge in [0.05, 0.1) is 12.1 Å². The van der Waals surface area contributed by atoms with Crippen LogP contribution < -0.4 is 0 Å². The molecule has 0 spiro atoms. The first-order valence-electron chi connectivity index (χ1n) is 4.03. The van der Waals surface area contributed by atoms with Crippen molar-refractivity contribution in [2.45, 2.75) is 33.2 Å². The van der Waals surface area contributed by atoms with Crippen LogP contribution in [-0.2, 0) is 9.63 Å². The third-order valence-electron chi connectivity index (χ3n) is 1.24. The zero-order valence-electron chi connectivity index (χ0n) is 8.26. The molecule has 3 heteroatoms. The number of hydrogen-bond donors (Lipinski definition) is 0. The molecular formula is C9H17NO2. The molecule has 0 heterocycles. The Kier molecular flexibility index (Phi) is 3.96. The van der Waals surface area contributed by atoms with Gasteiger partial charge in [0.1, 0.15) is 0 Å². The molecular weight excluding hydrogens is 154 g/mol. The second kappa shape index (κ2) is 4.26. The number of carbonyl (C=O) groups is 1. The van der Waals surface area contributed by atoms with Crippen LogP contribution in [0.25, 0.3) is 0 Å². The Morgan fingerprint density at radius 3 is 2.33 bits per heavy atom. The Morgan fingerprint density at radius 1 is 1.58 bits per heavy atom. The lowest BCUT2D eigenvalue weighted by Crippen LogP contribution is -2.44. The summed E-state index contributed by atoms with van der Waals surface area (Å²) in [4.78, 5) is 16.4. The minimum absolute atomic E-state index is 0.204. The summed E-state index contributed by atoms with van der Waals surface area (Å²) < 4.78 is 0. The van der Waals surface area contributed by atoms with E-state index in [-0.39, 0.29) is 11.4 Å². The van der Waals surface area contributed by atoms with Crippen molar-refractivity contribution in [3.05, 3.63) is 12.7 Å². The molecule has 0 saturated heterocycles. The Bertz CT molecular complexity index is 170. The van der Waals surface area contributed by atoms with Gasteiger partial charge in [0.2, 0.25) is 0 Å². The molecule has 70 valence electrons. The van der Waals surface area contributed by atoms with Gasteiger partial charge in [-0.15, -0.1) is 0 Å². The molecule has 0 atom stereocenters. The molecule has 0 N–H and O–H groups in total. The molecule has 0 fully saturated rings. The van der Waals surface area contributed by atoms with Crippen LogP contribution in [0, 0.1) is 0 Å². The highest BCUT2D eigenvalue weighted by Gasteiger charge is 2.25. The van der Waals surface area contributed by atoms with Crippen LogP contribution in [0.5, 0.6) is 0 Å². The molecule has 1 amide bonds. The van der Waals surface area contributed by atoms with Crippen molar-refractivity contribution in [1.82, 2.24) is 5.06 Å². The molecule has 3 nitrogen and oxygen atoms in total. The molecule has 0 saturated carbocycles. The van der Waals surface area contributed by atoms with Crippen molar-refractivity contribution in [2.24, 2.45) is 0 Å². The number of carbonyl (C=O) groups excluding carboxylic acids is 1. The molecule has 12 heavy (non-hydrogen) atoms. The van der Waals surface area contributed by atoms with Gasteiger partial charge in [-0.05, 0) is 33.8 Å². The summed E-state index contributed by atoms with van der Waals surface area (Å²) >= 11 is 0. The topological polar surface area (TPSA) is 29.5 Å². The Labute approximate surface area is 74.0 Å². The Morgan fingerprint density at radius 2 is 2.08 bits per heavy atom. The third-order valence-corrected chi connectivity index (χ3v) is 1.24. The van der Waals surface area contributed by atoms with Gasteiger partial charge in [-0.2, -0.15) is 0 Å². The highest BCUT2D eigenvalue weighted by atomic mass is 16.7. The number of hydroxylamine groups is 2. The first-order chi connectivity index (χ1) is 5.43. The predicted octanol–water partition coefficient (Wildman–Crippen LogP) is 1.75. The van der Waals surface area contributed by atoms with Gasteiger partial charge in [0.15, 0.2) is 0 Å². The lowest BCUT2D eigenvalue weighted by Gasteiger charge is -2.32. The molecule has 0 aliphatic rings. The Balaban J connectivity index is 4.43. The van der Waals surface area contributed by atoms with E-state index in [0.29, 0.717) is 6.61 Å². The van der Waals surface area contributed by atoms with E-state index in [1.165, 1.54) is 11.1 Å². The zero-order valence-corrected chi connectivity index (χ0v) is 8.26. The molecule has 0 aromatic rings. The number of nitrogens with zero attached hydrogens (tertiary/aromatic N) is 1. The van der Waals surface area contributed by atoms with E-state index in [1.807, 2.05) is 27.7 Å². The molecule has 0 aromatic heterocycles. The van der Waals surface area contributed by atoms with Gasteiger partial charge < -0.3 is 0 Å². The van der Waals surface area contributed by atoms with E-state index in [9.17, 15) is 4.79 Å². The fourth-order valence-electron chi connectivity index (χ4n) is 0.800. The van der Waals surface area contributed by atoms with Crippen molar-refractivity contribution in [3.63, 3.8) is 0 Å². The van der Waals surface area contributed by atoms with Crippen LogP contribution in [0.3, 0.4) is 0 Å². The van der Waals surface area contributed by atoms with Crippen LogP contribution in [0.2, 0.25) is 0 Å². The summed E-state index contributed by atoms with van der Waals surface area (Å²) in [7, 11) is 0. The lowest BCUT2D eigenvalue weighted by molar-refractivity contribution is -0.206. The first-order valence-corrected chi connectivity index (χ1v) is 4.03. The highest BCUT2D eigenvalue weighted by molar-refractivity contribution is 5.86. The first kappa shape index (κ1) is 11.2. The number of amides is 1. The molecule has 0 aromatic carbocycles. The fraction of sp³-hybridized carbons (Fsp3) is 0.667. The molecule has 0 aliphatic carbocycles. The van der Waals surface area contributed by atoms with E-state index in [2.05, 4.69) is 6.58 Å². The smallest absolute Gasteiger partial charge is 0.270 e. The van der Waals surface area contributed by atoms with E-state index in [4.69, 9.17) is 4.84 Å². The van der Waals surface area contributed by atoms with E-state index in [0.717, 1.165) is 0 Å². The number of rotatable bonds is 3. The quantitative estimate of drug-likeness (QED) is 0.478. The minimum Gasteiger partial charge on any atom is -0.270 e. The SMILES string of the molecule is C=CC(=O)N(OCC)C(C)(C)C. The van der Waals surface area contributed by atoms with E-state index >= 15 is 0 Å². The van der Waals surface area contributed by atoms with Crippen LogP contribution in [0.4, 0.5) is 0 Å². The monoisotopic (exact) mass is 171 g/mol. The average molecular weight is 171 g/mol. The van der Waals surface area contributed by atoms with Gasteiger partial charge in [0.25, 0.3) is 5.91 Å². The van der Waals surface area contributed by atoms with Crippen molar-refractivity contribution in [1.29, 1.82) is 0 Å². The maximum atomic E-state index is 11.2. The second-order valence-corrected chi connectivity index (χ2v) is 3.43. The van der Waals surface area contributed by atoms with Gasteiger partial charge in [0, 0.05) is 0 Å². The maximum Gasteiger partial charge on any atom is 0.270 e. The van der Waals surface area contributed by atoms with Gasteiger partial charge >= 0.3 is 0 Å². The molecule has 0 bridgehead atoms. The van der Waals surface area contributed by atoms with Crippen molar-refractivity contribution in [3.8, 4) is 0 Å². The van der Waals surface area contributed by atoms with E-state index < -0.39 is 0 Å². The van der Waals surface area contributed by atoms with Crippen LogP contribution in [0.1, 0.15) is 27.7 Å². The average Bonchev–Trinajstić information content (AvgIpc) is 1.96. The normalized spacial score (nSPS) is 11.0. The summed E-state index contributed by atoms with van der Waals surface area (Å²) in [6.45, 7) is 11.5. The van der Waals surface area contributed by atoms with Gasteiger partial charge in [-0.25, -0.2) is 5.06 Å². The summed E-state index contributed by atoms with van der Waals surface area (Å²) in [6, 6.07) is 0. The van der Waals surface area contributed by atoms with Crippen molar-refractivity contribution in [2.75, 3.05) is 6.61 Å². The molecule has 0 rings (SSSR count). The van der Waals surface area contributed by atoms with Crippen LogP contribution in [0.15, 0.2) is 12.7 Å². The van der Waals surface area contributed by atoms with Crippen molar-refractivity contribution < 1.29 is 9.63 Å². The maximum absolute atomic E-state index is 11.2. The van der Waals surface area contributed by atoms with Gasteiger partial charge in [-0.1, -0.05) is 6.58 Å². The zero-order chi connectivity index (χ0) is 9.78. The highest BCUT2D eigenvalue weighted by Crippen LogP contribution is 2.13. The number of hydrogen-bond acceptors (Lipinski definition) is 2. The fourth-order valence-corrected chi connectivity index (χ4v) is 0.800. The Hall–Kier alpha value is -0.830. The van der Waals surface area contributed by atoms with E-state index in [1.54, 1.807) is 0 Å². The summed E-state index contributed by atoms with van der Waals surface area (Å²) in [5.74, 6) is -0.204. The summed E-state index contributed by atoms with van der Waals surface area (Å²) in [6.07, 6.45) is 1.25. The minimum atomic E-state index is -0.318. The van der Waals surface area contributed by atoms with Gasteiger partial charge in [-0.3, -0.25) is 9.63 Å². The molecule has 0 unspecified atom stereocenters. The second-order valence-electron chi connectivity index (χ2n) is 3.43. The lowest BCUT2D eigenvalue weighted by atomic mass is 10.1.